The molecule has 1 fully saturated rings. The van der Waals surface area contributed by atoms with Crippen LogP contribution in [0.5, 0.6) is 0 Å². The van der Waals surface area contributed by atoms with Crippen LogP contribution in [0.1, 0.15) is 37.8 Å². The predicted molar refractivity (Wildman–Crippen MR) is 85.3 cm³/mol. The molecule has 0 amide bonds. The second kappa shape index (κ2) is 4.20. The normalized spacial score (nSPS) is 18.8. The molecule has 2 aromatic rings. The third-order valence-corrected chi connectivity index (χ3v) is 4.54. The number of hydrogen-bond acceptors (Lipinski definition) is 4. The van der Waals surface area contributed by atoms with E-state index in [4.69, 9.17) is 5.73 Å². The van der Waals surface area contributed by atoms with Crippen molar-refractivity contribution in [1.82, 2.24) is 9.97 Å². The van der Waals surface area contributed by atoms with Gasteiger partial charge >= 0.3 is 0 Å². The second-order valence-corrected chi connectivity index (χ2v) is 6.79. The zero-order chi connectivity index (χ0) is 14.6. The van der Waals surface area contributed by atoms with E-state index in [0.29, 0.717) is 11.9 Å². The summed E-state index contributed by atoms with van der Waals surface area (Å²) < 4.78 is 0. The van der Waals surface area contributed by atoms with Gasteiger partial charge in [-0.3, -0.25) is 0 Å². The van der Waals surface area contributed by atoms with Crippen LogP contribution in [0.2, 0.25) is 0 Å². The Balaban J connectivity index is 1.93. The van der Waals surface area contributed by atoms with Gasteiger partial charge < -0.3 is 11.1 Å². The number of aromatic nitrogens is 2. The number of nitrogens with two attached hydrogens (primary N) is 1. The van der Waals surface area contributed by atoms with E-state index in [2.05, 4.69) is 47.3 Å². The van der Waals surface area contributed by atoms with Gasteiger partial charge in [0.2, 0.25) is 0 Å². The maximum absolute atomic E-state index is 6.14. The van der Waals surface area contributed by atoms with E-state index in [1.807, 2.05) is 0 Å². The summed E-state index contributed by atoms with van der Waals surface area (Å²) in [6, 6.07) is 7.08. The molecule has 4 nitrogen and oxygen atoms in total. The Morgan fingerprint density at radius 2 is 2.05 bits per heavy atom. The van der Waals surface area contributed by atoms with Crippen LogP contribution in [0.4, 0.5) is 11.5 Å². The fourth-order valence-corrected chi connectivity index (χ4v) is 3.38. The fraction of sp³-hybridized carbons (Fsp3) is 0.412. The van der Waals surface area contributed by atoms with Gasteiger partial charge in [0.15, 0.2) is 0 Å². The van der Waals surface area contributed by atoms with Crippen molar-refractivity contribution >= 4 is 11.5 Å². The van der Waals surface area contributed by atoms with Gasteiger partial charge in [-0.15, -0.1) is 0 Å². The standard InChI is InChI=1S/C17H20N4/c1-17(2)8-12-11(15-14(17)16(18)20-9-19-15)4-3-5-13(12)21-10-6-7-10/h3-5,9-10,21H,6-8H2,1-2H3,(H2,18,19,20). The minimum absolute atomic E-state index is 0.0466. The highest BCUT2D eigenvalue weighted by molar-refractivity contribution is 5.80. The van der Waals surface area contributed by atoms with Crippen molar-refractivity contribution < 1.29 is 0 Å². The van der Waals surface area contributed by atoms with Crippen molar-refractivity contribution in [2.24, 2.45) is 0 Å². The first kappa shape index (κ1) is 12.6. The molecule has 0 bridgehead atoms. The molecule has 2 aliphatic rings. The van der Waals surface area contributed by atoms with Gasteiger partial charge in [-0.25, -0.2) is 9.97 Å². The van der Waals surface area contributed by atoms with E-state index in [9.17, 15) is 0 Å². The molecule has 0 saturated heterocycles. The third-order valence-electron chi connectivity index (χ3n) is 4.54. The summed E-state index contributed by atoms with van der Waals surface area (Å²) in [5, 5.41) is 3.65. The molecule has 0 unspecified atom stereocenters. The molecule has 1 saturated carbocycles. The lowest BCUT2D eigenvalue weighted by Crippen LogP contribution is -2.29. The van der Waals surface area contributed by atoms with E-state index in [1.165, 1.54) is 29.7 Å². The summed E-state index contributed by atoms with van der Waals surface area (Å²) in [5.74, 6) is 0.608. The van der Waals surface area contributed by atoms with Crippen LogP contribution in [0.3, 0.4) is 0 Å². The molecular weight excluding hydrogens is 260 g/mol. The van der Waals surface area contributed by atoms with Gasteiger partial charge in [0.05, 0.1) is 5.69 Å². The van der Waals surface area contributed by atoms with Gasteiger partial charge in [0.1, 0.15) is 12.1 Å². The van der Waals surface area contributed by atoms with Crippen molar-refractivity contribution in [3.63, 3.8) is 0 Å². The molecule has 4 rings (SSSR count). The first-order chi connectivity index (χ1) is 10.1. The number of rotatable bonds is 2. The number of hydrogen-bond donors (Lipinski definition) is 2. The molecule has 3 N–H and O–H groups in total. The van der Waals surface area contributed by atoms with Crippen molar-refractivity contribution in [2.75, 3.05) is 11.1 Å². The number of anilines is 2. The van der Waals surface area contributed by atoms with Gasteiger partial charge in [0, 0.05) is 22.9 Å². The van der Waals surface area contributed by atoms with Crippen LogP contribution >= 0.6 is 0 Å². The number of nitrogens with one attached hydrogen (secondary N) is 1. The van der Waals surface area contributed by atoms with E-state index in [1.54, 1.807) is 6.33 Å². The molecule has 2 aliphatic carbocycles. The first-order valence-electron chi connectivity index (χ1n) is 7.56. The van der Waals surface area contributed by atoms with Gasteiger partial charge in [-0.1, -0.05) is 26.0 Å². The summed E-state index contributed by atoms with van der Waals surface area (Å²) in [7, 11) is 0. The van der Waals surface area contributed by atoms with E-state index < -0.39 is 0 Å². The average Bonchev–Trinajstić information content (AvgIpc) is 3.23. The van der Waals surface area contributed by atoms with Crippen LogP contribution in [-0.2, 0) is 11.8 Å². The van der Waals surface area contributed by atoms with Gasteiger partial charge in [-0.2, -0.15) is 0 Å². The lowest BCUT2D eigenvalue weighted by Gasteiger charge is -2.34. The summed E-state index contributed by atoms with van der Waals surface area (Å²) in [6.07, 6.45) is 5.08. The van der Waals surface area contributed by atoms with E-state index in [-0.39, 0.29) is 5.41 Å². The SMILES string of the molecule is CC1(C)Cc2c(NC3CC3)cccc2-c2ncnc(N)c21. The van der Waals surface area contributed by atoms with Crippen LogP contribution < -0.4 is 11.1 Å². The fourth-order valence-electron chi connectivity index (χ4n) is 3.38. The molecular formula is C17H20N4. The molecule has 108 valence electrons. The summed E-state index contributed by atoms with van der Waals surface area (Å²) >= 11 is 0. The highest BCUT2D eigenvalue weighted by Crippen LogP contribution is 2.46. The largest absolute Gasteiger partial charge is 0.383 e. The maximum Gasteiger partial charge on any atom is 0.131 e. The van der Waals surface area contributed by atoms with Crippen molar-refractivity contribution in [3.8, 4) is 11.3 Å². The monoisotopic (exact) mass is 280 g/mol. The van der Waals surface area contributed by atoms with Crippen LogP contribution in [0.15, 0.2) is 24.5 Å². The van der Waals surface area contributed by atoms with Crippen molar-refractivity contribution in [1.29, 1.82) is 0 Å². The summed E-state index contributed by atoms with van der Waals surface area (Å²) in [4.78, 5) is 8.73. The average molecular weight is 280 g/mol. The van der Waals surface area contributed by atoms with Crippen LogP contribution in [-0.4, -0.2) is 16.0 Å². The lowest BCUT2D eigenvalue weighted by molar-refractivity contribution is 0.515. The number of nitrogens with zero attached hydrogens (tertiary/aromatic N) is 2. The highest BCUT2D eigenvalue weighted by Gasteiger charge is 2.36. The summed E-state index contributed by atoms with van der Waals surface area (Å²) in [5.41, 5.74) is 12.0. The molecule has 1 aromatic carbocycles. The molecule has 0 spiro atoms. The van der Waals surface area contributed by atoms with Crippen molar-refractivity contribution in [3.05, 3.63) is 35.7 Å². The smallest absolute Gasteiger partial charge is 0.131 e. The molecule has 1 aromatic heterocycles. The zero-order valence-corrected chi connectivity index (χ0v) is 12.5. The number of benzene rings is 1. The Bertz CT molecular complexity index is 717. The van der Waals surface area contributed by atoms with Gasteiger partial charge in [-0.05, 0) is 36.3 Å². The topological polar surface area (TPSA) is 63.8 Å². The Morgan fingerprint density at radius 1 is 1.24 bits per heavy atom. The quantitative estimate of drug-likeness (QED) is 0.887. The minimum Gasteiger partial charge on any atom is -0.383 e. The highest BCUT2D eigenvalue weighted by atomic mass is 15.0. The molecule has 0 atom stereocenters. The molecule has 1 heterocycles. The van der Waals surface area contributed by atoms with Gasteiger partial charge in [0.25, 0.3) is 0 Å². The first-order valence-corrected chi connectivity index (χ1v) is 7.56. The minimum atomic E-state index is -0.0466. The maximum atomic E-state index is 6.14. The second-order valence-electron chi connectivity index (χ2n) is 6.79. The predicted octanol–water partition coefficient (Wildman–Crippen LogP) is 3.13. The Kier molecular flexibility index (Phi) is 2.52. The number of nitrogen functional groups attached to an aromatic ring is 1. The molecule has 0 aliphatic heterocycles. The third kappa shape index (κ3) is 1.97. The molecule has 0 radical (unpaired) electrons. The molecule has 4 heteroatoms. The van der Waals surface area contributed by atoms with Crippen molar-refractivity contribution in [2.45, 2.75) is 44.6 Å². The van der Waals surface area contributed by atoms with Crippen LogP contribution in [0.25, 0.3) is 11.3 Å². The van der Waals surface area contributed by atoms with E-state index in [0.717, 1.165) is 17.7 Å². The lowest BCUT2D eigenvalue weighted by atomic mass is 9.71. The van der Waals surface area contributed by atoms with E-state index >= 15 is 0 Å². The summed E-state index contributed by atoms with van der Waals surface area (Å²) in [6.45, 7) is 4.45. The zero-order valence-electron chi connectivity index (χ0n) is 12.5. The molecule has 21 heavy (non-hydrogen) atoms. The van der Waals surface area contributed by atoms with Crippen LogP contribution in [0, 0.1) is 0 Å². The Hall–Kier alpha value is -2.10. The Morgan fingerprint density at radius 3 is 2.81 bits per heavy atom. The Labute approximate surface area is 124 Å². The number of fused-ring (bicyclic) bond motifs is 3.